The van der Waals surface area contributed by atoms with Crippen molar-refractivity contribution < 1.29 is 17.6 Å². The van der Waals surface area contributed by atoms with Gasteiger partial charge in [0.25, 0.3) is 10.0 Å². The van der Waals surface area contributed by atoms with Crippen LogP contribution in [0, 0.1) is 5.41 Å². The molecule has 1 heterocycles. The minimum absolute atomic E-state index is 0.00487. The van der Waals surface area contributed by atoms with Crippen molar-refractivity contribution in [3.63, 3.8) is 0 Å². The summed E-state index contributed by atoms with van der Waals surface area (Å²) >= 11 is 0. The van der Waals surface area contributed by atoms with E-state index in [0.717, 1.165) is 31.1 Å². The Kier molecular flexibility index (Phi) is 3.51. The summed E-state index contributed by atoms with van der Waals surface area (Å²) in [5, 5.41) is 0.792. The zero-order chi connectivity index (χ0) is 16.1. The fourth-order valence-corrected chi connectivity index (χ4v) is 5.24. The average molecular weight is 335 g/mol. The Morgan fingerprint density at radius 2 is 2.13 bits per heavy atom. The van der Waals surface area contributed by atoms with E-state index in [0.29, 0.717) is 12.2 Å². The molecular weight excluding hydrogens is 314 g/mol. The SMILES string of the molecule is CCO[C@@H]1C[C@H](NS(=O)(=O)c2cc3ccccc3o2)C12CCC2. The first-order valence-electron chi connectivity index (χ1n) is 8.18. The van der Waals surface area contributed by atoms with Crippen LogP contribution in [0.5, 0.6) is 0 Å². The lowest BCUT2D eigenvalue weighted by Gasteiger charge is -2.60. The lowest BCUT2D eigenvalue weighted by Crippen LogP contribution is -2.67. The molecule has 2 aliphatic rings. The smallest absolute Gasteiger partial charge is 0.274 e. The Labute approximate surface area is 136 Å². The van der Waals surface area contributed by atoms with E-state index in [1.54, 1.807) is 12.1 Å². The summed E-state index contributed by atoms with van der Waals surface area (Å²) in [5.74, 6) is 0. The molecule has 1 spiro atoms. The van der Waals surface area contributed by atoms with Crippen LogP contribution in [0.1, 0.15) is 32.6 Å². The lowest BCUT2D eigenvalue weighted by atomic mass is 9.51. The second-order valence-electron chi connectivity index (χ2n) is 6.54. The van der Waals surface area contributed by atoms with Gasteiger partial charge in [-0.3, -0.25) is 0 Å². The van der Waals surface area contributed by atoms with Gasteiger partial charge in [-0.25, -0.2) is 13.1 Å². The topological polar surface area (TPSA) is 68.5 Å². The normalized spacial score (nSPS) is 26.1. The Hall–Kier alpha value is -1.37. The molecule has 2 fully saturated rings. The predicted octanol–water partition coefficient (Wildman–Crippen LogP) is 3.06. The van der Waals surface area contributed by atoms with Crippen LogP contribution in [0.15, 0.2) is 39.8 Å². The van der Waals surface area contributed by atoms with Crippen LogP contribution in [0.3, 0.4) is 0 Å². The van der Waals surface area contributed by atoms with Gasteiger partial charge < -0.3 is 9.15 Å². The van der Waals surface area contributed by atoms with Crippen molar-refractivity contribution >= 4 is 21.0 Å². The van der Waals surface area contributed by atoms with Crippen molar-refractivity contribution in [3.8, 4) is 0 Å². The van der Waals surface area contributed by atoms with Gasteiger partial charge in [0.2, 0.25) is 5.09 Å². The summed E-state index contributed by atoms with van der Waals surface area (Å²) in [6.07, 6.45) is 4.14. The van der Waals surface area contributed by atoms with E-state index in [9.17, 15) is 8.42 Å². The van der Waals surface area contributed by atoms with E-state index < -0.39 is 10.0 Å². The van der Waals surface area contributed by atoms with E-state index >= 15 is 0 Å². The van der Waals surface area contributed by atoms with Gasteiger partial charge in [-0.1, -0.05) is 24.6 Å². The zero-order valence-electron chi connectivity index (χ0n) is 13.1. The lowest BCUT2D eigenvalue weighted by molar-refractivity contribution is -0.167. The third kappa shape index (κ3) is 2.31. The molecule has 5 nitrogen and oxygen atoms in total. The van der Waals surface area contributed by atoms with Crippen molar-refractivity contribution in [1.82, 2.24) is 4.72 Å². The first-order chi connectivity index (χ1) is 11.0. The molecule has 0 amide bonds. The number of ether oxygens (including phenoxy) is 1. The quantitative estimate of drug-likeness (QED) is 0.912. The third-order valence-electron chi connectivity index (χ3n) is 5.40. The summed E-state index contributed by atoms with van der Waals surface area (Å²) in [7, 11) is -3.64. The fourth-order valence-electron chi connectivity index (χ4n) is 3.94. The highest BCUT2D eigenvalue weighted by atomic mass is 32.2. The molecule has 6 heteroatoms. The minimum atomic E-state index is -3.64. The third-order valence-corrected chi connectivity index (χ3v) is 6.73. The molecule has 0 radical (unpaired) electrons. The molecule has 2 atom stereocenters. The number of hydrogen-bond acceptors (Lipinski definition) is 4. The van der Waals surface area contributed by atoms with E-state index in [1.807, 2.05) is 25.1 Å². The number of rotatable bonds is 5. The molecule has 2 aromatic rings. The highest BCUT2D eigenvalue weighted by molar-refractivity contribution is 7.89. The standard InChI is InChI=1S/C17H21NO4S/c1-2-21-15-11-14(17(15)8-5-9-17)18-23(19,20)16-10-12-6-3-4-7-13(12)22-16/h3-4,6-7,10,14-15,18H,2,5,8-9,11H2,1H3/t14-,15+/m0/s1. The molecule has 0 unspecified atom stereocenters. The highest BCUT2D eigenvalue weighted by Crippen LogP contribution is 2.57. The van der Waals surface area contributed by atoms with Crippen molar-refractivity contribution in [3.05, 3.63) is 30.3 Å². The van der Waals surface area contributed by atoms with Crippen LogP contribution in [0.2, 0.25) is 0 Å². The molecule has 2 aliphatic carbocycles. The van der Waals surface area contributed by atoms with Crippen LogP contribution in [0.25, 0.3) is 11.0 Å². The van der Waals surface area contributed by atoms with Crippen molar-refractivity contribution in [1.29, 1.82) is 0 Å². The first kappa shape index (κ1) is 15.2. The molecule has 124 valence electrons. The number of furan rings is 1. The van der Waals surface area contributed by atoms with Crippen LogP contribution >= 0.6 is 0 Å². The number of sulfonamides is 1. The van der Waals surface area contributed by atoms with Crippen LogP contribution in [-0.2, 0) is 14.8 Å². The van der Waals surface area contributed by atoms with Crippen LogP contribution < -0.4 is 4.72 Å². The van der Waals surface area contributed by atoms with Crippen LogP contribution in [-0.4, -0.2) is 27.2 Å². The summed E-state index contributed by atoms with van der Waals surface area (Å²) < 4.78 is 39.4. The van der Waals surface area contributed by atoms with E-state index in [1.165, 1.54) is 0 Å². The van der Waals surface area contributed by atoms with E-state index in [4.69, 9.17) is 9.15 Å². The monoisotopic (exact) mass is 335 g/mol. The molecular formula is C17H21NO4S. The van der Waals surface area contributed by atoms with Gasteiger partial charge in [-0.2, -0.15) is 0 Å². The number of hydrogen-bond donors (Lipinski definition) is 1. The second-order valence-corrected chi connectivity index (χ2v) is 8.19. The van der Waals surface area contributed by atoms with Crippen molar-refractivity contribution in [2.24, 2.45) is 5.41 Å². The van der Waals surface area contributed by atoms with Gasteiger partial charge >= 0.3 is 0 Å². The Morgan fingerprint density at radius 1 is 1.35 bits per heavy atom. The maximum atomic E-state index is 12.7. The van der Waals surface area contributed by atoms with Crippen molar-refractivity contribution in [2.75, 3.05) is 6.61 Å². The Bertz CT molecular complexity index is 789. The summed E-state index contributed by atoms with van der Waals surface area (Å²) in [6, 6.07) is 8.85. The Balaban J connectivity index is 1.56. The number of nitrogens with one attached hydrogen (secondary N) is 1. The van der Waals surface area contributed by atoms with Gasteiger partial charge in [0.15, 0.2) is 0 Å². The second kappa shape index (κ2) is 5.33. The predicted molar refractivity (Wildman–Crippen MR) is 86.6 cm³/mol. The highest BCUT2D eigenvalue weighted by Gasteiger charge is 2.59. The minimum Gasteiger partial charge on any atom is -0.443 e. The number of benzene rings is 1. The van der Waals surface area contributed by atoms with Gasteiger partial charge in [0, 0.05) is 29.5 Å². The number of fused-ring (bicyclic) bond motifs is 1. The Morgan fingerprint density at radius 3 is 2.78 bits per heavy atom. The van der Waals surface area contributed by atoms with Crippen LogP contribution in [0.4, 0.5) is 0 Å². The maximum Gasteiger partial charge on any atom is 0.274 e. The molecule has 0 saturated heterocycles. The zero-order valence-corrected chi connectivity index (χ0v) is 13.9. The molecule has 0 aliphatic heterocycles. The molecule has 0 bridgehead atoms. The molecule has 1 N–H and O–H groups in total. The molecule has 23 heavy (non-hydrogen) atoms. The molecule has 1 aromatic heterocycles. The van der Waals surface area contributed by atoms with E-state index in [2.05, 4.69) is 4.72 Å². The van der Waals surface area contributed by atoms with Crippen molar-refractivity contribution in [2.45, 2.75) is 49.8 Å². The van der Waals surface area contributed by atoms with Gasteiger partial charge in [0.1, 0.15) is 5.58 Å². The maximum absolute atomic E-state index is 12.7. The summed E-state index contributed by atoms with van der Waals surface area (Å²) in [5.41, 5.74) is 0.585. The largest absolute Gasteiger partial charge is 0.443 e. The number of para-hydroxylation sites is 1. The first-order valence-corrected chi connectivity index (χ1v) is 9.66. The molecule has 1 aromatic carbocycles. The molecule has 4 rings (SSSR count). The summed E-state index contributed by atoms with van der Waals surface area (Å²) in [6.45, 7) is 2.66. The van der Waals surface area contributed by atoms with Gasteiger partial charge in [0.05, 0.1) is 6.10 Å². The summed E-state index contributed by atoms with van der Waals surface area (Å²) in [4.78, 5) is 0. The average Bonchev–Trinajstić information content (AvgIpc) is 2.89. The van der Waals surface area contributed by atoms with Gasteiger partial charge in [-0.05, 0) is 32.3 Å². The van der Waals surface area contributed by atoms with Gasteiger partial charge in [-0.15, -0.1) is 0 Å². The van der Waals surface area contributed by atoms with E-state index in [-0.39, 0.29) is 22.7 Å². The fraction of sp³-hybridized carbons (Fsp3) is 0.529. The molecule has 2 saturated carbocycles.